The Balaban J connectivity index is 1.65. The molecule has 4 rings (SSSR count). The second-order valence-corrected chi connectivity index (χ2v) is 10.9. The van der Waals surface area contributed by atoms with E-state index in [9.17, 15) is 9.90 Å². The molecule has 33 heavy (non-hydrogen) atoms. The molecule has 0 bridgehead atoms. The maximum atomic E-state index is 12.9. The Labute approximate surface area is 205 Å². The summed E-state index contributed by atoms with van der Waals surface area (Å²) in [4.78, 5) is 12.9. The summed E-state index contributed by atoms with van der Waals surface area (Å²) in [7, 11) is 0. The van der Waals surface area contributed by atoms with E-state index >= 15 is 0 Å². The molecule has 5 nitrogen and oxygen atoms in total. The molecule has 0 radical (unpaired) electrons. The van der Waals surface area contributed by atoms with E-state index in [0.29, 0.717) is 32.9 Å². The minimum atomic E-state index is -1.16. The third kappa shape index (κ3) is 5.37. The molecule has 0 saturated heterocycles. The van der Waals surface area contributed by atoms with Crippen molar-refractivity contribution in [1.82, 2.24) is 9.78 Å². The number of carbonyl (C=O) groups is 1. The number of nitrogens with one attached hydrogen (secondary N) is 1. The van der Waals surface area contributed by atoms with Gasteiger partial charge in [0.05, 0.1) is 17.2 Å². The monoisotopic (exact) mass is 487 g/mol. The highest BCUT2D eigenvalue weighted by Gasteiger charge is 2.27. The summed E-state index contributed by atoms with van der Waals surface area (Å²) in [6, 6.07) is 8.84. The molecule has 0 atom stereocenters. The van der Waals surface area contributed by atoms with Crippen molar-refractivity contribution >= 4 is 45.7 Å². The van der Waals surface area contributed by atoms with Crippen molar-refractivity contribution < 1.29 is 9.90 Å². The lowest BCUT2D eigenvalue weighted by atomic mass is 9.80. The third-order valence-corrected chi connectivity index (χ3v) is 7.19. The topological polar surface area (TPSA) is 67.2 Å². The Hall–Kier alpha value is -2.08. The molecule has 1 saturated carbocycles. The molecule has 176 valence electrons. The summed E-state index contributed by atoms with van der Waals surface area (Å²) in [6.07, 6.45) is 6.73. The van der Waals surface area contributed by atoms with Crippen LogP contribution in [0.2, 0.25) is 10.0 Å². The van der Waals surface area contributed by atoms with Gasteiger partial charge in [0.25, 0.3) is 5.91 Å². The lowest BCUT2D eigenvalue weighted by Gasteiger charge is -2.30. The fourth-order valence-corrected chi connectivity index (χ4v) is 5.33. The molecule has 0 unspecified atom stereocenters. The zero-order valence-corrected chi connectivity index (χ0v) is 21.0. The molecule has 3 aromatic rings. The molecule has 1 aliphatic rings. The zero-order valence-electron chi connectivity index (χ0n) is 19.5. The number of amides is 1. The Morgan fingerprint density at radius 1 is 1.09 bits per heavy atom. The van der Waals surface area contributed by atoms with Crippen molar-refractivity contribution in [3.63, 3.8) is 0 Å². The van der Waals surface area contributed by atoms with Crippen LogP contribution >= 0.6 is 23.2 Å². The van der Waals surface area contributed by atoms with E-state index in [0.717, 1.165) is 35.6 Å². The first-order valence-electron chi connectivity index (χ1n) is 11.5. The Morgan fingerprint density at radius 2 is 1.73 bits per heavy atom. The van der Waals surface area contributed by atoms with Crippen molar-refractivity contribution in [3.8, 4) is 0 Å². The zero-order chi connectivity index (χ0) is 23.9. The third-order valence-electron chi connectivity index (χ3n) is 6.75. The van der Waals surface area contributed by atoms with Gasteiger partial charge in [0.2, 0.25) is 0 Å². The second-order valence-electron chi connectivity index (χ2n) is 10.0. The fraction of sp³-hybridized carbons (Fsp3) is 0.462. The highest BCUT2D eigenvalue weighted by molar-refractivity contribution is 6.35. The number of nitrogens with zero attached hydrogens (tertiary/aromatic N) is 2. The van der Waals surface area contributed by atoms with Gasteiger partial charge >= 0.3 is 0 Å². The normalized spacial score (nSPS) is 19.3. The quantitative estimate of drug-likeness (QED) is 0.399. The van der Waals surface area contributed by atoms with Gasteiger partial charge in [-0.25, -0.2) is 0 Å². The number of anilines is 1. The molecule has 1 fully saturated rings. The molecule has 1 aromatic heterocycles. The van der Waals surface area contributed by atoms with Crippen LogP contribution in [-0.4, -0.2) is 20.8 Å². The lowest BCUT2D eigenvalue weighted by Crippen LogP contribution is -2.21. The van der Waals surface area contributed by atoms with Gasteiger partial charge in [0, 0.05) is 38.4 Å². The average Bonchev–Trinajstić information content (AvgIpc) is 3.15. The van der Waals surface area contributed by atoms with Gasteiger partial charge < -0.3 is 10.4 Å². The van der Waals surface area contributed by atoms with Gasteiger partial charge in [-0.2, -0.15) is 5.10 Å². The van der Waals surface area contributed by atoms with Gasteiger partial charge in [-0.3, -0.25) is 9.48 Å². The number of rotatable bonds is 5. The van der Waals surface area contributed by atoms with Gasteiger partial charge in [-0.05, 0) is 81.7 Å². The number of aliphatic hydroxyl groups is 1. The Bertz CT molecular complexity index is 1150. The van der Waals surface area contributed by atoms with E-state index < -0.39 is 5.60 Å². The van der Waals surface area contributed by atoms with Crippen LogP contribution in [0.15, 0.2) is 36.5 Å². The molecule has 0 aliphatic heterocycles. The molecule has 2 N–H and O–H groups in total. The summed E-state index contributed by atoms with van der Waals surface area (Å²) >= 11 is 12.1. The van der Waals surface area contributed by atoms with Crippen LogP contribution in [0.5, 0.6) is 0 Å². The average molecular weight is 488 g/mol. The highest BCUT2D eigenvalue weighted by atomic mass is 35.5. The second kappa shape index (κ2) is 9.28. The molecule has 0 spiro atoms. The number of hydrogen-bond donors (Lipinski definition) is 2. The van der Waals surface area contributed by atoms with Gasteiger partial charge in [-0.15, -0.1) is 0 Å². The van der Waals surface area contributed by atoms with Crippen molar-refractivity contribution in [3.05, 3.63) is 57.7 Å². The smallest absolute Gasteiger partial charge is 0.255 e. The summed E-state index contributed by atoms with van der Waals surface area (Å²) in [5, 5.41) is 20.3. The molecule has 7 heteroatoms. The van der Waals surface area contributed by atoms with Crippen LogP contribution in [0, 0.1) is 11.8 Å². The molecule has 1 heterocycles. The van der Waals surface area contributed by atoms with Crippen molar-refractivity contribution in [2.24, 2.45) is 11.8 Å². The summed E-state index contributed by atoms with van der Waals surface area (Å²) in [6.45, 7) is 8.01. The van der Waals surface area contributed by atoms with Crippen LogP contribution in [0.4, 0.5) is 5.69 Å². The molecule has 1 amide bonds. The van der Waals surface area contributed by atoms with Gasteiger partial charge in [-0.1, -0.05) is 37.0 Å². The van der Waals surface area contributed by atoms with Crippen LogP contribution in [0.3, 0.4) is 0 Å². The predicted octanol–water partition coefficient (Wildman–Crippen LogP) is 7.21. The first-order valence-corrected chi connectivity index (χ1v) is 12.3. The number of aromatic nitrogens is 2. The molecule has 2 aromatic carbocycles. The van der Waals surface area contributed by atoms with E-state index in [-0.39, 0.29) is 5.91 Å². The van der Waals surface area contributed by atoms with Gasteiger partial charge in [0.15, 0.2) is 0 Å². The molecule has 1 aliphatic carbocycles. The van der Waals surface area contributed by atoms with E-state index in [1.807, 2.05) is 12.1 Å². The van der Waals surface area contributed by atoms with Crippen molar-refractivity contribution in [2.45, 2.75) is 65.0 Å². The largest absolute Gasteiger partial charge is 0.386 e. The van der Waals surface area contributed by atoms with E-state index in [2.05, 4.69) is 30.0 Å². The molecular weight excluding hydrogens is 457 g/mol. The minimum Gasteiger partial charge on any atom is -0.386 e. The Morgan fingerprint density at radius 3 is 2.30 bits per heavy atom. The van der Waals surface area contributed by atoms with Crippen molar-refractivity contribution in [2.75, 3.05) is 5.32 Å². The highest BCUT2D eigenvalue weighted by Crippen LogP contribution is 2.37. The first kappa shape index (κ1) is 24.1. The van der Waals surface area contributed by atoms with Crippen LogP contribution in [0.1, 0.15) is 75.3 Å². The first-order chi connectivity index (χ1) is 15.5. The summed E-state index contributed by atoms with van der Waals surface area (Å²) in [5.74, 6) is 1.16. The maximum Gasteiger partial charge on any atom is 0.255 e. The van der Waals surface area contributed by atoms with Crippen LogP contribution in [-0.2, 0) is 5.60 Å². The van der Waals surface area contributed by atoms with E-state index in [4.69, 9.17) is 28.3 Å². The van der Waals surface area contributed by atoms with Crippen molar-refractivity contribution in [1.29, 1.82) is 0 Å². The van der Waals surface area contributed by atoms with E-state index in [1.165, 1.54) is 12.8 Å². The number of halogens is 2. The minimum absolute atomic E-state index is 0.344. The van der Waals surface area contributed by atoms with Crippen LogP contribution in [0.25, 0.3) is 10.9 Å². The predicted molar refractivity (Wildman–Crippen MR) is 135 cm³/mol. The number of hydrogen-bond acceptors (Lipinski definition) is 3. The van der Waals surface area contributed by atoms with Gasteiger partial charge in [0.1, 0.15) is 0 Å². The van der Waals surface area contributed by atoms with E-state index in [1.54, 1.807) is 32.0 Å². The summed E-state index contributed by atoms with van der Waals surface area (Å²) in [5.41, 5.74) is 1.14. The summed E-state index contributed by atoms with van der Waals surface area (Å²) < 4.78 is 2.07. The molecular formula is C26H31Cl2N3O2. The number of benzene rings is 2. The van der Waals surface area contributed by atoms with Crippen LogP contribution < -0.4 is 5.32 Å². The standard InChI is InChI=1S/C26H31Cl2N3O2/c1-15(2)16-5-7-21(8-6-16)31-14-18-11-24(22(26(3,4)33)13-23(18)30-31)29-25(32)17-9-19(27)12-20(28)10-17/h9-16,21,33H,5-8H2,1-4H3,(H,29,32). The maximum absolute atomic E-state index is 12.9. The SMILES string of the molecule is CC(C)C1CCC(n2cc3cc(NC(=O)c4cc(Cl)cc(Cl)c4)c(C(C)(C)O)cc3n2)CC1. The lowest BCUT2D eigenvalue weighted by molar-refractivity contribution is 0.0794. The fourth-order valence-electron chi connectivity index (χ4n) is 4.80. The number of fused-ring (bicyclic) bond motifs is 1. The number of carbonyl (C=O) groups excluding carboxylic acids is 1. The Kier molecular flexibility index (Phi) is 6.77.